The van der Waals surface area contributed by atoms with Crippen molar-refractivity contribution >= 4 is 28.7 Å². The van der Waals surface area contributed by atoms with Gasteiger partial charge in [-0.15, -0.1) is 0 Å². The molecule has 138 valence electrons. The van der Waals surface area contributed by atoms with Gasteiger partial charge in [-0.05, 0) is 24.6 Å². The average Bonchev–Trinajstić information content (AvgIpc) is 2.98. The van der Waals surface area contributed by atoms with E-state index >= 15 is 0 Å². The first-order chi connectivity index (χ1) is 12.3. The molecule has 9 heteroatoms. The number of anilines is 1. The highest BCUT2D eigenvalue weighted by atomic mass is 35.5. The number of aryl methyl sites for hydroxylation is 1. The number of nitrogens with one attached hydrogen (secondary N) is 1. The van der Waals surface area contributed by atoms with E-state index in [4.69, 9.17) is 11.6 Å². The van der Waals surface area contributed by atoms with Crippen LogP contribution >= 0.6 is 11.6 Å². The number of fused-ring (bicyclic) bond motifs is 1. The quantitative estimate of drug-likeness (QED) is 0.689. The van der Waals surface area contributed by atoms with Crippen molar-refractivity contribution in [3.05, 3.63) is 55.7 Å². The summed E-state index contributed by atoms with van der Waals surface area (Å²) in [5.41, 5.74) is 0.663. The smallest absolute Gasteiger partial charge is 0.332 e. The van der Waals surface area contributed by atoms with Gasteiger partial charge in [0.15, 0.2) is 11.2 Å². The summed E-state index contributed by atoms with van der Waals surface area (Å²) in [6.45, 7) is 2.06. The molecule has 0 amide bonds. The van der Waals surface area contributed by atoms with E-state index in [0.717, 1.165) is 10.1 Å². The molecule has 1 aromatic carbocycles. The predicted molar refractivity (Wildman–Crippen MR) is 101 cm³/mol. The fourth-order valence-electron chi connectivity index (χ4n) is 2.75. The van der Waals surface area contributed by atoms with E-state index in [1.807, 2.05) is 12.1 Å². The lowest BCUT2D eigenvalue weighted by molar-refractivity contribution is 0.281. The van der Waals surface area contributed by atoms with Crippen molar-refractivity contribution < 1.29 is 5.11 Å². The van der Waals surface area contributed by atoms with Crippen LogP contribution in [-0.4, -0.2) is 36.4 Å². The van der Waals surface area contributed by atoms with Crippen LogP contribution in [0.5, 0.6) is 0 Å². The lowest BCUT2D eigenvalue weighted by atomic mass is 10.2. The van der Waals surface area contributed by atoms with Gasteiger partial charge < -0.3 is 10.4 Å². The minimum Gasteiger partial charge on any atom is -0.394 e. The third-order valence-electron chi connectivity index (χ3n) is 4.25. The van der Waals surface area contributed by atoms with E-state index in [0.29, 0.717) is 28.7 Å². The second kappa shape index (κ2) is 6.97. The van der Waals surface area contributed by atoms with Gasteiger partial charge in [0.1, 0.15) is 0 Å². The van der Waals surface area contributed by atoms with Crippen molar-refractivity contribution in [2.24, 2.45) is 14.1 Å². The number of benzene rings is 1. The first-order valence-electron chi connectivity index (χ1n) is 8.11. The van der Waals surface area contributed by atoms with Gasteiger partial charge in [0.05, 0.1) is 13.2 Å². The first-order valence-corrected chi connectivity index (χ1v) is 8.49. The number of aromatic nitrogens is 4. The highest BCUT2D eigenvalue weighted by molar-refractivity contribution is 6.30. The lowest BCUT2D eigenvalue weighted by Gasteiger charge is -2.14. The second-order valence-electron chi connectivity index (χ2n) is 6.25. The Morgan fingerprint density at radius 2 is 1.85 bits per heavy atom. The molecule has 8 nitrogen and oxygen atoms in total. The van der Waals surface area contributed by atoms with Gasteiger partial charge in [-0.2, -0.15) is 4.98 Å². The molecule has 0 spiro atoms. The van der Waals surface area contributed by atoms with Crippen molar-refractivity contribution in [2.45, 2.75) is 19.5 Å². The Morgan fingerprint density at radius 3 is 2.46 bits per heavy atom. The predicted octanol–water partition coefficient (Wildman–Crippen LogP) is 0.928. The van der Waals surface area contributed by atoms with Gasteiger partial charge in [-0.3, -0.25) is 18.5 Å². The molecule has 0 aliphatic carbocycles. The van der Waals surface area contributed by atoms with E-state index in [-0.39, 0.29) is 12.6 Å². The Kier molecular flexibility index (Phi) is 4.88. The van der Waals surface area contributed by atoms with E-state index in [2.05, 4.69) is 10.3 Å². The molecule has 0 fully saturated rings. The Balaban J connectivity index is 2.25. The van der Waals surface area contributed by atoms with Crippen molar-refractivity contribution in [3.8, 4) is 0 Å². The standard InChI is InChI=1S/C17H20ClN5O3/c1-10(9-24)19-16-20-14-13(15(25)22(3)17(26)21(14)2)23(16)8-11-4-6-12(18)7-5-11/h4-7,10,24H,8-9H2,1-3H3,(H,19,20). The van der Waals surface area contributed by atoms with Crippen LogP contribution in [0.15, 0.2) is 33.9 Å². The maximum atomic E-state index is 12.7. The average molecular weight is 378 g/mol. The molecule has 2 aromatic heterocycles. The molecule has 2 heterocycles. The molecule has 3 aromatic rings. The van der Waals surface area contributed by atoms with Crippen molar-refractivity contribution in [1.82, 2.24) is 18.7 Å². The zero-order valence-corrected chi connectivity index (χ0v) is 15.5. The Hall–Kier alpha value is -2.58. The monoisotopic (exact) mass is 377 g/mol. The second-order valence-corrected chi connectivity index (χ2v) is 6.69. The maximum absolute atomic E-state index is 12.7. The molecular formula is C17H20ClN5O3. The van der Waals surface area contributed by atoms with Gasteiger partial charge in [-0.1, -0.05) is 23.7 Å². The molecule has 0 saturated carbocycles. The number of aliphatic hydroxyl groups is 1. The molecule has 0 aliphatic rings. The number of halogens is 1. The van der Waals surface area contributed by atoms with Crippen molar-refractivity contribution in [2.75, 3.05) is 11.9 Å². The summed E-state index contributed by atoms with van der Waals surface area (Å²) >= 11 is 5.94. The number of hydrogen-bond acceptors (Lipinski definition) is 5. The fraction of sp³-hybridized carbons (Fsp3) is 0.353. The van der Waals surface area contributed by atoms with Gasteiger partial charge in [0.2, 0.25) is 5.95 Å². The number of imidazole rings is 1. The molecular weight excluding hydrogens is 358 g/mol. The van der Waals surface area contributed by atoms with Crippen LogP contribution in [0.25, 0.3) is 11.2 Å². The summed E-state index contributed by atoms with van der Waals surface area (Å²) in [6, 6.07) is 7.00. The molecule has 2 N–H and O–H groups in total. The SMILES string of the molecule is CC(CO)Nc1nc2c(c(=O)n(C)c(=O)n2C)n1Cc1ccc(Cl)cc1. The minimum atomic E-state index is -0.444. The molecule has 1 atom stereocenters. The van der Waals surface area contributed by atoms with Gasteiger partial charge in [0, 0.05) is 25.2 Å². The first kappa shape index (κ1) is 18.2. The summed E-state index contributed by atoms with van der Waals surface area (Å²) in [5, 5.41) is 13.1. The largest absolute Gasteiger partial charge is 0.394 e. The van der Waals surface area contributed by atoms with Gasteiger partial charge in [0.25, 0.3) is 5.56 Å². The third kappa shape index (κ3) is 3.13. The number of rotatable bonds is 5. The summed E-state index contributed by atoms with van der Waals surface area (Å²) in [6.07, 6.45) is 0. The lowest BCUT2D eigenvalue weighted by Crippen LogP contribution is -2.37. The van der Waals surface area contributed by atoms with E-state index in [9.17, 15) is 14.7 Å². The molecule has 26 heavy (non-hydrogen) atoms. The topological polar surface area (TPSA) is 94.1 Å². The normalized spacial score (nSPS) is 12.5. The maximum Gasteiger partial charge on any atom is 0.332 e. The van der Waals surface area contributed by atoms with E-state index < -0.39 is 11.2 Å². The molecule has 0 radical (unpaired) electrons. The Bertz CT molecular complexity index is 1070. The van der Waals surface area contributed by atoms with Crippen LogP contribution in [0.4, 0.5) is 5.95 Å². The molecule has 3 rings (SSSR count). The number of hydrogen-bond donors (Lipinski definition) is 2. The van der Waals surface area contributed by atoms with Crippen LogP contribution in [-0.2, 0) is 20.6 Å². The van der Waals surface area contributed by atoms with E-state index in [1.165, 1.54) is 11.6 Å². The summed E-state index contributed by atoms with van der Waals surface area (Å²) < 4.78 is 4.11. The fourth-order valence-corrected chi connectivity index (χ4v) is 2.88. The summed E-state index contributed by atoms with van der Waals surface area (Å²) in [7, 11) is 3.01. The van der Waals surface area contributed by atoms with Gasteiger partial charge >= 0.3 is 5.69 Å². The van der Waals surface area contributed by atoms with Crippen LogP contribution in [0.2, 0.25) is 5.02 Å². The number of aliphatic hydroxyl groups excluding tert-OH is 1. The highest BCUT2D eigenvalue weighted by Crippen LogP contribution is 2.19. The van der Waals surface area contributed by atoms with Crippen molar-refractivity contribution in [3.63, 3.8) is 0 Å². The number of nitrogens with zero attached hydrogens (tertiary/aromatic N) is 4. The van der Waals surface area contributed by atoms with Crippen LogP contribution < -0.4 is 16.6 Å². The summed E-state index contributed by atoms with van der Waals surface area (Å²) in [5.74, 6) is 0.412. The molecule has 0 saturated heterocycles. The van der Waals surface area contributed by atoms with Crippen LogP contribution in [0.1, 0.15) is 12.5 Å². The van der Waals surface area contributed by atoms with Gasteiger partial charge in [-0.25, -0.2) is 4.79 Å². The Labute approximate surface area is 154 Å². The molecule has 0 bridgehead atoms. The zero-order chi connectivity index (χ0) is 19.0. The third-order valence-corrected chi connectivity index (χ3v) is 4.50. The zero-order valence-electron chi connectivity index (χ0n) is 14.7. The van der Waals surface area contributed by atoms with E-state index in [1.54, 1.807) is 30.7 Å². The summed E-state index contributed by atoms with van der Waals surface area (Å²) in [4.78, 5) is 29.4. The van der Waals surface area contributed by atoms with Crippen LogP contribution in [0, 0.1) is 0 Å². The van der Waals surface area contributed by atoms with Crippen molar-refractivity contribution in [1.29, 1.82) is 0 Å². The molecule has 0 aliphatic heterocycles. The molecule has 1 unspecified atom stereocenters. The van der Waals surface area contributed by atoms with Crippen LogP contribution in [0.3, 0.4) is 0 Å². The minimum absolute atomic E-state index is 0.0961. The Morgan fingerprint density at radius 1 is 1.19 bits per heavy atom. The highest BCUT2D eigenvalue weighted by Gasteiger charge is 2.20.